The summed E-state index contributed by atoms with van der Waals surface area (Å²) in [6.07, 6.45) is 6.39. The Kier molecular flexibility index (Phi) is 4.96. The highest BCUT2D eigenvalue weighted by Gasteiger charge is 2.36. The van der Waals surface area contributed by atoms with E-state index >= 15 is 0 Å². The minimum atomic E-state index is -3.64. The fraction of sp³-hybridized carbons (Fsp3) is 0.562. The van der Waals surface area contributed by atoms with Crippen molar-refractivity contribution in [2.45, 2.75) is 56.4 Å². The van der Waals surface area contributed by atoms with Crippen LogP contribution in [0.1, 0.15) is 63.2 Å². The predicted molar refractivity (Wildman–Crippen MR) is 87.7 cm³/mol. The summed E-state index contributed by atoms with van der Waals surface area (Å²) in [6.45, 7) is 4.39. The second-order valence-electron chi connectivity index (χ2n) is 6.32. The molecule has 0 radical (unpaired) electrons. The Morgan fingerprint density at radius 2 is 2.12 bits per heavy atom. The summed E-state index contributed by atoms with van der Waals surface area (Å²) in [6, 6.07) is 2.80. The second kappa shape index (κ2) is 6.98. The minimum Gasteiger partial charge on any atom is -0.339 e. The highest BCUT2D eigenvalue weighted by molar-refractivity contribution is 7.89. The first kappa shape index (κ1) is 17.0. The molecule has 3 heterocycles. The first-order chi connectivity index (χ1) is 11.5. The van der Waals surface area contributed by atoms with Gasteiger partial charge in [-0.3, -0.25) is 4.98 Å². The molecule has 1 unspecified atom stereocenters. The highest BCUT2D eigenvalue weighted by atomic mass is 32.2. The number of rotatable bonds is 4. The molecule has 2 aromatic rings. The van der Waals surface area contributed by atoms with Crippen LogP contribution in [0.5, 0.6) is 0 Å². The molecule has 130 valence electrons. The van der Waals surface area contributed by atoms with E-state index in [-0.39, 0.29) is 10.8 Å². The summed E-state index contributed by atoms with van der Waals surface area (Å²) in [7, 11) is -3.64. The summed E-state index contributed by atoms with van der Waals surface area (Å²) in [4.78, 5) is 8.57. The van der Waals surface area contributed by atoms with Gasteiger partial charge >= 0.3 is 0 Å². The lowest BCUT2D eigenvalue weighted by Gasteiger charge is -2.26. The van der Waals surface area contributed by atoms with Crippen molar-refractivity contribution in [3.05, 3.63) is 36.2 Å². The monoisotopic (exact) mass is 350 g/mol. The van der Waals surface area contributed by atoms with Gasteiger partial charge in [-0.2, -0.15) is 9.29 Å². The Morgan fingerprint density at radius 3 is 2.79 bits per heavy atom. The van der Waals surface area contributed by atoms with Gasteiger partial charge in [0, 0.05) is 24.9 Å². The molecule has 1 atom stereocenters. The summed E-state index contributed by atoms with van der Waals surface area (Å²) >= 11 is 0. The third kappa shape index (κ3) is 3.34. The molecular weight excluding hydrogens is 328 g/mol. The Balaban J connectivity index is 1.98. The molecule has 1 fully saturated rings. The summed E-state index contributed by atoms with van der Waals surface area (Å²) in [5.74, 6) is 1.10. The van der Waals surface area contributed by atoms with Crippen LogP contribution in [-0.4, -0.2) is 34.4 Å². The van der Waals surface area contributed by atoms with Crippen LogP contribution < -0.4 is 0 Å². The first-order valence-corrected chi connectivity index (χ1v) is 9.69. The molecule has 3 rings (SSSR count). The number of hydrogen-bond acceptors (Lipinski definition) is 6. The third-order valence-corrected chi connectivity index (χ3v) is 6.09. The van der Waals surface area contributed by atoms with Gasteiger partial charge in [-0.05, 0) is 25.0 Å². The van der Waals surface area contributed by atoms with Crippen molar-refractivity contribution in [1.29, 1.82) is 0 Å². The van der Waals surface area contributed by atoms with Gasteiger partial charge in [0.2, 0.25) is 15.9 Å². The maximum Gasteiger partial charge on any atom is 0.245 e. The average molecular weight is 350 g/mol. The Hall–Kier alpha value is -1.80. The van der Waals surface area contributed by atoms with Crippen LogP contribution in [0.4, 0.5) is 0 Å². The number of aromatic nitrogens is 3. The van der Waals surface area contributed by atoms with E-state index in [4.69, 9.17) is 4.52 Å². The quantitative estimate of drug-likeness (QED) is 0.842. The summed E-state index contributed by atoms with van der Waals surface area (Å²) in [5, 5.41) is 4.05. The van der Waals surface area contributed by atoms with Crippen LogP contribution in [0.15, 0.2) is 33.9 Å². The molecule has 0 aromatic carbocycles. The smallest absolute Gasteiger partial charge is 0.245 e. The molecular formula is C16H22N4O3S. The van der Waals surface area contributed by atoms with E-state index in [0.29, 0.717) is 24.7 Å². The Labute approximate surface area is 142 Å². The normalized spacial score (nSPS) is 20.2. The van der Waals surface area contributed by atoms with E-state index in [1.807, 2.05) is 13.8 Å². The van der Waals surface area contributed by atoms with E-state index < -0.39 is 16.1 Å². The molecule has 24 heavy (non-hydrogen) atoms. The lowest BCUT2D eigenvalue weighted by Crippen LogP contribution is -2.35. The molecule has 0 saturated carbocycles. The number of pyridine rings is 1. The molecule has 0 amide bonds. The van der Waals surface area contributed by atoms with E-state index in [2.05, 4.69) is 15.1 Å². The summed E-state index contributed by atoms with van der Waals surface area (Å²) < 4.78 is 32.9. The maximum atomic E-state index is 13.1. The van der Waals surface area contributed by atoms with Crippen molar-refractivity contribution >= 4 is 10.0 Å². The van der Waals surface area contributed by atoms with Crippen LogP contribution in [0.3, 0.4) is 0 Å². The van der Waals surface area contributed by atoms with Crippen molar-refractivity contribution in [3.8, 4) is 0 Å². The number of nitrogens with zero attached hydrogens (tertiary/aromatic N) is 4. The maximum absolute atomic E-state index is 13.1. The topological polar surface area (TPSA) is 89.2 Å². The van der Waals surface area contributed by atoms with Gasteiger partial charge in [0.15, 0.2) is 5.82 Å². The van der Waals surface area contributed by atoms with E-state index in [0.717, 1.165) is 19.3 Å². The van der Waals surface area contributed by atoms with Crippen molar-refractivity contribution in [2.75, 3.05) is 6.54 Å². The Bertz CT molecular complexity index is 774. The first-order valence-electron chi connectivity index (χ1n) is 8.25. The molecule has 0 N–H and O–H groups in total. The van der Waals surface area contributed by atoms with Gasteiger partial charge in [0.05, 0.1) is 6.04 Å². The van der Waals surface area contributed by atoms with Gasteiger partial charge in [-0.25, -0.2) is 8.42 Å². The van der Waals surface area contributed by atoms with E-state index in [1.165, 1.54) is 10.5 Å². The zero-order valence-corrected chi connectivity index (χ0v) is 14.7. The number of hydrogen-bond donors (Lipinski definition) is 0. The zero-order chi connectivity index (χ0) is 17.2. The summed E-state index contributed by atoms with van der Waals surface area (Å²) in [5.41, 5.74) is 0. The van der Waals surface area contributed by atoms with Crippen molar-refractivity contribution in [2.24, 2.45) is 0 Å². The molecule has 1 saturated heterocycles. The minimum absolute atomic E-state index is 0.111. The molecule has 0 aliphatic carbocycles. The molecule has 0 spiro atoms. The predicted octanol–water partition coefficient (Wildman–Crippen LogP) is 2.89. The fourth-order valence-corrected chi connectivity index (χ4v) is 4.50. The number of sulfonamides is 1. The molecule has 2 aromatic heterocycles. The second-order valence-corrected chi connectivity index (χ2v) is 8.21. The zero-order valence-electron chi connectivity index (χ0n) is 13.9. The molecule has 8 heteroatoms. The molecule has 0 bridgehead atoms. The fourth-order valence-electron chi connectivity index (χ4n) is 2.88. The largest absolute Gasteiger partial charge is 0.339 e. The molecule has 1 aliphatic heterocycles. The third-order valence-electron chi connectivity index (χ3n) is 4.19. The van der Waals surface area contributed by atoms with Crippen LogP contribution in [0.25, 0.3) is 0 Å². The van der Waals surface area contributed by atoms with Gasteiger partial charge in [-0.15, -0.1) is 0 Å². The van der Waals surface area contributed by atoms with Crippen LogP contribution in [0, 0.1) is 0 Å². The lowest BCUT2D eigenvalue weighted by atomic mass is 10.1. The van der Waals surface area contributed by atoms with Crippen molar-refractivity contribution in [3.63, 3.8) is 0 Å². The van der Waals surface area contributed by atoms with Crippen molar-refractivity contribution < 1.29 is 12.9 Å². The van der Waals surface area contributed by atoms with Gasteiger partial charge in [-0.1, -0.05) is 31.8 Å². The SMILES string of the molecule is CC(C)c1nc(C2CCCCCN2S(=O)(=O)c2cccnc2)no1. The lowest BCUT2D eigenvalue weighted by molar-refractivity contribution is 0.300. The Morgan fingerprint density at radius 1 is 1.29 bits per heavy atom. The molecule has 1 aliphatic rings. The van der Waals surface area contributed by atoms with E-state index in [1.54, 1.807) is 18.3 Å². The van der Waals surface area contributed by atoms with Crippen molar-refractivity contribution in [1.82, 2.24) is 19.4 Å². The van der Waals surface area contributed by atoms with E-state index in [9.17, 15) is 8.42 Å². The van der Waals surface area contributed by atoms with Gasteiger partial charge in [0.25, 0.3) is 0 Å². The average Bonchev–Trinajstić information content (AvgIpc) is 2.93. The standard InChI is InChI=1S/C16H22N4O3S/c1-12(2)16-18-15(19-23-16)14-8-4-3-5-10-20(14)24(21,22)13-7-6-9-17-11-13/h6-7,9,11-12,14H,3-5,8,10H2,1-2H3. The highest BCUT2D eigenvalue weighted by Crippen LogP contribution is 2.33. The van der Waals surface area contributed by atoms with Crippen LogP contribution in [-0.2, 0) is 10.0 Å². The van der Waals surface area contributed by atoms with Gasteiger partial charge < -0.3 is 4.52 Å². The van der Waals surface area contributed by atoms with Gasteiger partial charge in [0.1, 0.15) is 4.90 Å². The molecule has 7 nitrogen and oxygen atoms in total. The van der Waals surface area contributed by atoms with Crippen LogP contribution in [0.2, 0.25) is 0 Å². The van der Waals surface area contributed by atoms with Crippen LogP contribution >= 0.6 is 0 Å².